The summed E-state index contributed by atoms with van der Waals surface area (Å²) in [6.45, 7) is 14.2. The summed E-state index contributed by atoms with van der Waals surface area (Å²) in [5.41, 5.74) is 15.0. The molecule has 2 atom stereocenters. The van der Waals surface area contributed by atoms with Crippen LogP contribution in [0.25, 0.3) is 33.6 Å². The predicted octanol–water partition coefficient (Wildman–Crippen LogP) is 11.5. The van der Waals surface area contributed by atoms with Gasteiger partial charge >= 0.3 is 0 Å². The average Bonchev–Trinajstić information content (AvgIpc) is 3.36. The maximum absolute atomic E-state index is 4.55. The van der Waals surface area contributed by atoms with Crippen LogP contribution in [0.5, 0.6) is 0 Å². The molecule has 1 aliphatic rings. The Hall–Kier alpha value is -4.82. The van der Waals surface area contributed by atoms with Gasteiger partial charge in [0.15, 0.2) is 0 Å². The molecule has 0 radical (unpaired) electrons. The molecule has 2 aromatic heterocycles. The first-order valence-electron chi connectivity index (χ1n) is 17.0. The zero-order chi connectivity index (χ0) is 32.8. The standard InChI is InChI=1S/C45H44N2/c1-7-44(5,33-19-15-31(16-20-33)41-13-9-11-27-46-41)35-23-25-37-38-26-24-36(30-40(38)43(3,4)39(37)29-35)45(6,8-2)34-21-17-32(18-22-34)42-14-10-12-28-47-42/h9-30H,7-8H2,1-6H3. The molecule has 2 heterocycles. The fraction of sp³-hybridized carbons (Fsp3) is 0.244. The number of nitrogens with zero attached hydrogens (tertiary/aromatic N) is 2. The van der Waals surface area contributed by atoms with Gasteiger partial charge in [-0.2, -0.15) is 0 Å². The van der Waals surface area contributed by atoms with Crippen LogP contribution in [0.15, 0.2) is 134 Å². The van der Waals surface area contributed by atoms with Crippen LogP contribution in [0.1, 0.15) is 87.8 Å². The summed E-state index contributed by atoms with van der Waals surface area (Å²) in [6.07, 6.45) is 5.74. The van der Waals surface area contributed by atoms with E-state index in [1.54, 1.807) is 0 Å². The molecular formula is C45H44N2. The Morgan fingerprint density at radius 3 is 1.21 bits per heavy atom. The molecule has 0 spiro atoms. The Balaban J connectivity index is 1.22. The summed E-state index contributed by atoms with van der Waals surface area (Å²) in [5, 5.41) is 0. The number of pyridine rings is 2. The monoisotopic (exact) mass is 612 g/mol. The van der Waals surface area contributed by atoms with Gasteiger partial charge in [0, 0.05) is 39.8 Å². The van der Waals surface area contributed by atoms with Crippen molar-refractivity contribution < 1.29 is 0 Å². The summed E-state index contributed by atoms with van der Waals surface area (Å²) < 4.78 is 0. The van der Waals surface area contributed by atoms with Crippen molar-refractivity contribution in [3.63, 3.8) is 0 Å². The van der Waals surface area contributed by atoms with Crippen LogP contribution in [-0.2, 0) is 16.2 Å². The third-order valence-electron chi connectivity index (χ3n) is 11.3. The highest BCUT2D eigenvalue weighted by atomic mass is 14.7. The third kappa shape index (κ3) is 5.11. The van der Waals surface area contributed by atoms with E-state index in [1.807, 2.05) is 36.7 Å². The van der Waals surface area contributed by atoms with Crippen molar-refractivity contribution in [2.45, 2.75) is 70.6 Å². The molecule has 2 nitrogen and oxygen atoms in total. The first-order valence-corrected chi connectivity index (χ1v) is 17.0. The molecule has 0 N–H and O–H groups in total. The zero-order valence-electron chi connectivity index (χ0n) is 28.5. The van der Waals surface area contributed by atoms with Gasteiger partial charge in [-0.3, -0.25) is 9.97 Å². The second kappa shape index (κ2) is 11.8. The molecule has 47 heavy (non-hydrogen) atoms. The average molecular weight is 613 g/mol. The second-order valence-corrected chi connectivity index (χ2v) is 14.1. The van der Waals surface area contributed by atoms with E-state index in [2.05, 4.69) is 149 Å². The lowest BCUT2D eigenvalue weighted by Crippen LogP contribution is -2.25. The normalized spacial score (nSPS) is 15.7. The first kappa shape index (κ1) is 30.8. The Labute approximate surface area is 280 Å². The van der Waals surface area contributed by atoms with Gasteiger partial charge in [-0.25, -0.2) is 0 Å². The predicted molar refractivity (Wildman–Crippen MR) is 197 cm³/mol. The van der Waals surface area contributed by atoms with Crippen molar-refractivity contribution >= 4 is 0 Å². The lowest BCUT2D eigenvalue weighted by molar-refractivity contribution is 0.544. The fourth-order valence-corrected chi connectivity index (χ4v) is 7.66. The Morgan fingerprint density at radius 1 is 0.489 bits per heavy atom. The van der Waals surface area contributed by atoms with Crippen LogP contribution >= 0.6 is 0 Å². The van der Waals surface area contributed by atoms with Crippen LogP contribution in [0.4, 0.5) is 0 Å². The van der Waals surface area contributed by atoms with Gasteiger partial charge in [0.25, 0.3) is 0 Å². The van der Waals surface area contributed by atoms with E-state index in [0.29, 0.717) is 0 Å². The molecule has 234 valence electrons. The molecule has 0 saturated heterocycles. The zero-order valence-corrected chi connectivity index (χ0v) is 28.5. The Kier molecular flexibility index (Phi) is 7.71. The smallest absolute Gasteiger partial charge is 0.0701 e. The van der Waals surface area contributed by atoms with Crippen molar-refractivity contribution in [2.24, 2.45) is 0 Å². The molecule has 0 fully saturated rings. The Morgan fingerprint density at radius 2 is 0.872 bits per heavy atom. The van der Waals surface area contributed by atoms with Crippen molar-refractivity contribution in [1.82, 2.24) is 9.97 Å². The van der Waals surface area contributed by atoms with E-state index < -0.39 is 0 Å². The van der Waals surface area contributed by atoms with Gasteiger partial charge in [-0.05, 0) is 81.6 Å². The highest BCUT2D eigenvalue weighted by Gasteiger charge is 2.39. The molecule has 4 aromatic carbocycles. The van der Waals surface area contributed by atoms with E-state index in [9.17, 15) is 0 Å². The molecule has 0 aliphatic heterocycles. The second-order valence-electron chi connectivity index (χ2n) is 14.1. The minimum atomic E-state index is -0.105. The molecule has 6 aromatic rings. The fourth-order valence-electron chi connectivity index (χ4n) is 7.66. The molecular weight excluding hydrogens is 569 g/mol. The van der Waals surface area contributed by atoms with Crippen molar-refractivity contribution in [1.29, 1.82) is 0 Å². The molecule has 0 saturated carbocycles. The maximum Gasteiger partial charge on any atom is 0.0701 e. The van der Waals surface area contributed by atoms with Crippen molar-refractivity contribution in [3.05, 3.63) is 167 Å². The van der Waals surface area contributed by atoms with Crippen LogP contribution < -0.4 is 0 Å². The van der Waals surface area contributed by atoms with Gasteiger partial charge < -0.3 is 0 Å². The number of hydrogen-bond donors (Lipinski definition) is 0. The number of benzene rings is 4. The third-order valence-corrected chi connectivity index (χ3v) is 11.3. The lowest BCUT2D eigenvalue weighted by Gasteiger charge is -2.32. The van der Waals surface area contributed by atoms with Crippen molar-refractivity contribution in [3.8, 4) is 33.6 Å². The van der Waals surface area contributed by atoms with E-state index in [1.165, 1.54) is 44.5 Å². The summed E-state index contributed by atoms with van der Waals surface area (Å²) in [6, 6.07) is 44.7. The molecule has 0 bridgehead atoms. The van der Waals surface area contributed by atoms with Gasteiger partial charge in [0.2, 0.25) is 0 Å². The van der Waals surface area contributed by atoms with E-state index in [0.717, 1.165) is 35.4 Å². The largest absolute Gasteiger partial charge is 0.256 e. The first-order chi connectivity index (χ1) is 22.7. The highest BCUT2D eigenvalue weighted by molar-refractivity contribution is 5.82. The molecule has 2 unspecified atom stereocenters. The number of rotatable bonds is 8. The number of hydrogen-bond acceptors (Lipinski definition) is 2. The Bertz CT molecular complexity index is 1880. The summed E-state index contributed by atoms with van der Waals surface area (Å²) in [5.74, 6) is 0. The molecule has 0 amide bonds. The summed E-state index contributed by atoms with van der Waals surface area (Å²) in [7, 11) is 0. The summed E-state index contributed by atoms with van der Waals surface area (Å²) in [4.78, 5) is 9.10. The SMILES string of the molecule is CCC(C)(c1ccc(-c2ccccn2)cc1)c1ccc2c(c1)C(C)(C)c1cc(C(C)(CC)c3ccc(-c4ccccn4)cc3)ccc1-2. The minimum Gasteiger partial charge on any atom is -0.256 e. The van der Waals surface area contributed by atoms with Crippen molar-refractivity contribution in [2.75, 3.05) is 0 Å². The molecule has 1 aliphatic carbocycles. The van der Waals surface area contributed by atoms with E-state index in [4.69, 9.17) is 0 Å². The number of aromatic nitrogens is 2. The van der Waals surface area contributed by atoms with Crippen LogP contribution in [0.2, 0.25) is 0 Å². The topological polar surface area (TPSA) is 25.8 Å². The van der Waals surface area contributed by atoms with Crippen LogP contribution in [0.3, 0.4) is 0 Å². The van der Waals surface area contributed by atoms with Gasteiger partial charge in [-0.15, -0.1) is 0 Å². The van der Waals surface area contributed by atoms with Gasteiger partial charge in [0.05, 0.1) is 11.4 Å². The van der Waals surface area contributed by atoms with E-state index >= 15 is 0 Å². The highest BCUT2D eigenvalue weighted by Crippen LogP contribution is 2.52. The molecule has 7 rings (SSSR count). The van der Waals surface area contributed by atoms with E-state index in [-0.39, 0.29) is 16.2 Å². The van der Waals surface area contributed by atoms with Gasteiger partial charge in [0.1, 0.15) is 0 Å². The minimum absolute atomic E-state index is 0.101. The summed E-state index contributed by atoms with van der Waals surface area (Å²) >= 11 is 0. The van der Waals surface area contributed by atoms with Crippen LogP contribution in [-0.4, -0.2) is 9.97 Å². The number of fused-ring (bicyclic) bond motifs is 3. The molecule has 2 heteroatoms. The quantitative estimate of drug-likeness (QED) is 0.171. The van der Waals surface area contributed by atoms with Gasteiger partial charge in [-0.1, -0.05) is 139 Å². The van der Waals surface area contributed by atoms with Crippen LogP contribution in [0, 0.1) is 0 Å². The lowest BCUT2D eigenvalue weighted by atomic mass is 9.71. The maximum atomic E-state index is 4.55.